The van der Waals surface area contributed by atoms with Crippen molar-refractivity contribution < 1.29 is 13.2 Å². The summed E-state index contributed by atoms with van der Waals surface area (Å²) in [4.78, 5) is 1.91. The molecule has 0 atom stereocenters. The predicted molar refractivity (Wildman–Crippen MR) is 75.2 cm³/mol. The molecule has 1 nitrogen and oxygen atoms in total. The van der Waals surface area contributed by atoms with Gasteiger partial charge in [0.25, 0.3) is 0 Å². The van der Waals surface area contributed by atoms with Gasteiger partial charge in [-0.3, -0.25) is 0 Å². The average Bonchev–Trinajstić information content (AvgIpc) is 2.77. The Labute approximate surface area is 121 Å². The second-order valence-electron chi connectivity index (χ2n) is 3.99. The van der Waals surface area contributed by atoms with Crippen molar-refractivity contribution in [2.24, 2.45) is 0 Å². The fourth-order valence-corrected chi connectivity index (χ4v) is 3.32. The van der Waals surface area contributed by atoms with Gasteiger partial charge in [-0.1, -0.05) is 15.9 Å². The average molecular weight is 350 g/mol. The van der Waals surface area contributed by atoms with Crippen LogP contribution in [-0.4, -0.2) is 7.05 Å². The molecule has 0 bridgehead atoms. The molecule has 1 N–H and O–H groups in total. The van der Waals surface area contributed by atoms with Crippen LogP contribution in [0, 0.1) is 0 Å². The van der Waals surface area contributed by atoms with Crippen molar-refractivity contribution in [1.29, 1.82) is 0 Å². The summed E-state index contributed by atoms with van der Waals surface area (Å²) in [5, 5.41) is 3.02. The predicted octanol–water partition coefficient (Wildman–Crippen LogP) is 4.92. The maximum atomic E-state index is 12.7. The number of hydrogen-bond acceptors (Lipinski definition) is 2. The molecule has 1 heterocycles. The van der Waals surface area contributed by atoms with E-state index in [0.29, 0.717) is 16.6 Å². The van der Waals surface area contributed by atoms with Gasteiger partial charge in [-0.25, -0.2) is 0 Å². The summed E-state index contributed by atoms with van der Waals surface area (Å²) in [6.07, 6.45) is -4.32. The Bertz CT molecular complexity index is 578. The lowest BCUT2D eigenvalue weighted by Gasteiger charge is -2.09. The molecule has 0 aliphatic heterocycles. The number of nitrogens with one attached hydrogen (secondary N) is 1. The summed E-state index contributed by atoms with van der Waals surface area (Å²) in [5.74, 6) is 0. The van der Waals surface area contributed by atoms with Gasteiger partial charge in [-0.2, -0.15) is 13.2 Å². The summed E-state index contributed by atoms with van der Waals surface area (Å²) in [7, 11) is 1.83. The van der Waals surface area contributed by atoms with E-state index in [1.165, 1.54) is 23.5 Å². The van der Waals surface area contributed by atoms with Gasteiger partial charge in [0.2, 0.25) is 0 Å². The third kappa shape index (κ3) is 3.38. The van der Waals surface area contributed by atoms with Crippen LogP contribution in [0.2, 0.25) is 0 Å². The Kier molecular flexibility index (Phi) is 4.32. The van der Waals surface area contributed by atoms with Crippen molar-refractivity contribution >= 4 is 27.3 Å². The van der Waals surface area contributed by atoms with Gasteiger partial charge < -0.3 is 5.32 Å². The quantitative estimate of drug-likeness (QED) is 0.829. The topological polar surface area (TPSA) is 12.0 Å². The normalized spacial score (nSPS) is 11.8. The van der Waals surface area contributed by atoms with Gasteiger partial charge in [-0.15, -0.1) is 11.3 Å². The monoisotopic (exact) mass is 349 g/mol. The van der Waals surface area contributed by atoms with Gasteiger partial charge in [-0.05, 0) is 37.4 Å². The minimum atomic E-state index is -4.32. The van der Waals surface area contributed by atoms with E-state index in [1.807, 2.05) is 19.2 Å². The minimum Gasteiger partial charge on any atom is -0.315 e. The van der Waals surface area contributed by atoms with Crippen LogP contribution < -0.4 is 5.32 Å². The van der Waals surface area contributed by atoms with E-state index in [9.17, 15) is 13.2 Å². The molecule has 1 aromatic heterocycles. The highest BCUT2D eigenvalue weighted by molar-refractivity contribution is 9.10. The fourth-order valence-electron chi connectivity index (χ4n) is 1.68. The summed E-state index contributed by atoms with van der Waals surface area (Å²) in [5.41, 5.74) is -0.0588. The molecule has 0 aliphatic carbocycles. The maximum absolute atomic E-state index is 12.7. The standard InChI is InChI=1S/C13H11BrF3NS/c1-18-7-9-3-5-12(19-9)10-6-8(13(15,16)17)2-4-11(10)14/h2-6,18H,7H2,1H3. The lowest BCUT2D eigenvalue weighted by Crippen LogP contribution is -2.04. The second kappa shape index (κ2) is 5.64. The summed E-state index contributed by atoms with van der Waals surface area (Å²) >= 11 is 4.79. The molecule has 0 spiro atoms. The molecule has 0 unspecified atom stereocenters. The maximum Gasteiger partial charge on any atom is 0.416 e. The van der Waals surface area contributed by atoms with E-state index in [4.69, 9.17) is 0 Å². The zero-order chi connectivity index (χ0) is 14.0. The first-order valence-corrected chi connectivity index (χ1v) is 7.13. The van der Waals surface area contributed by atoms with Crippen LogP contribution in [0.25, 0.3) is 10.4 Å². The highest BCUT2D eigenvalue weighted by Crippen LogP contribution is 2.38. The van der Waals surface area contributed by atoms with Crippen LogP contribution in [0.15, 0.2) is 34.8 Å². The fraction of sp³-hybridized carbons (Fsp3) is 0.231. The largest absolute Gasteiger partial charge is 0.416 e. The zero-order valence-corrected chi connectivity index (χ0v) is 12.4. The third-order valence-corrected chi connectivity index (χ3v) is 4.38. The Morgan fingerprint density at radius 2 is 1.95 bits per heavy atom. The van der Waals surface area contributed by atoms with Gasteiger partial charge in [0.1, 0.15) is 0 Å². The van der Waals surface area contributed by atoms with Gasteiger partial charge in [0.05, 0.1) is 5.56 Å². The van der Waals surface area contributed by atoms with E-state index in [2.05, 4.69) is 21.2 Å². The van der Waals surface area contributed by atoms with Crippen molar-refractivity contribution in [3.05, 3.63) is 45.2 Å². The van der Waals surface area contributed by atoms with Crippen LogP contribution in [0.4, 0.5) is 13.2 Å². The number of benzene rings is 1. The Hall–Kier alpha value is -0.850. The van der Waals surface area contributed by atoms with Gasteiger partial charge in [0, 0.05) is 26.3 Å². The molecule has 102 valence electrons. The minimum absolute atomic E-state index is 0.571. The number of hydrogen-bond donors (Lipinski definition) is 1. The van der Waals surface area contributed by atoms with E-state index >= 15 is 0 Å². The molecule has 6 heteroatoms. The first-order valence-electron chi connectivity index (χ1n) is 5.52. The molecular formula is C13H11BrF3NS. The first-order chi connectivity index (χ1) is 8.91. The molecule has 0 fully saturated rings. The molecule has 0 saturated carbocycles. The van der Waals surface area contributed by atoms with Crippen LogP contribution in [0.5, 0.6) is 0 Å². The van der Waals surface area contributed by atoms with Crippen molar-refractivity contribution in [2.45, 2.75) is 12.7 Å². The van der Waals surface area contributed by atoms with Crippen LogP contribution >= 0.6 is 27.3 Å². The molecule has 1 aromatic carbocycles. The van der Waals surface area contributed by atoms with Gasteiger partial charge in [0.15, 0.2) is 0 Å². The molecular weight excluding hydrogens is 339 g/mol. The van der Waals surface area contributed by atoms with E-state index in [1.54, 1.807) is 0 Å². The van der Waals surface area contributed by atoms with E-state index in [-0.39, 0.29) is 0 Å². The van der Waals surface area contributed by atoms with Crippen molar-refractivity contribution in [2.75, 3.05) is 7.05 Å². The highest BCUT2D eigenvalue weighted by atomic mass is 79.9. The molecule has 2 rings (SSSR count). The van der Waals surface area contributed by atoms with E-state index in [0.717, 1.165) is 15.8 Å². The zero-order valence-electron chi connectivity index (χ0n) is 10.0. The lowest BCUT2D eigenvalue weighted by molar-refractivity contribution is -0.137. The lowest BCUT2D eigenvalue weighted by atomic mass is 10.1. The van der Waals surface area contributed by atoms with Crippen molar-refractivity contribution in [3.8, 4) is 10.4 Å². The molecule has 0 aliphatic rings. The smallest absolute Gasteiger partial charge is 0.315 e. The third-order valence-electron chi connectivity index (χ3n) is 2.57. The molecule has 0 radical (unpaired) electrons. The summed E-state index contributed by atoms with van der Waals surface area (Å²) < 4.78 is 38.8. The first kappa shape index (κ1) is 14.6. The summed E-state index contributed by atoms with van der Waals surface area (Å²) in [6.45, 7) is 0.710. The number of halogens is 4. The number of alkyl halides is 3. The van der Waals surface area contributed by atoms with Crippen LogP contribution in [-0.2, 0) is 12.7 Å². The number of thiophene rings is 1. The SMILES string of the molecule is CNCc1ccc(-c2cc(C(F)(F)F)ccc2Br)s1. The van der Waals surface area contributed by atoms with Crippen molar-refractivity contribution in [1.82, 2.24) is 5.32 Å². The van der Waals surface area contributed by atoms with Crippen LogP contribution in [0.1, 0.15) is 10.4 Å². The Morgan fingerprint density at radius 1 is 1.21 bits per heavy atom. The molecule has 19 heavy (non-hydrogen) atoms. The van der Waals surface area contributed by atoms with E-state index < -0.39 is 11.7 Å². The highest BCUT2D eigenvalue weighted by Gasteiger charge is 2.31. The Morgan fingerprint density at radius 3 is 2.58 bits per heavy atom. The van der Waals surface area contributed by atoms with Crippen LogP contribution in [0.3, 0.4) is 0 Å². The summed E-state index contributed by atoms with van der Waals surface area (Å²) in [6, 6.07) is 7.46. The Balaban J connectivity index is 2.42. The van der Waals surface area contributed by atoms with Crippen molar-refractivity contribution in [3.63, 3.8) is 0 Å². The van der Waals surface area contributed by atoms with Gasteiger partial charge >= 0.3 is 6.18 Å². The molecule has 0 saturated heterocycles. The molecule has 2 aromatic rings. The molecule has 0 amide bonds. The second-order valence-corrected chi connectivity index (χ2v) is 6.01. The number of rotatable bonds is 3.